The Morgan fingerprint density at radius 2 is 1.29 bits per heavy atom. The Morgan fingerprint density at radius 1 is 0.905 bits per heavy atom. The first kappa shape index (κ1) is 19.7. The Kier molecular flexibility index (Phi) is 8.26. The summed E-state index contributed by atoms with van der Waals surface area (Å²) in [7, 11) is -1.96. The largest absolute Gasteiger partial charge is 0.510 e. The van der Waals surface area contributed by atoms with E-state index in [0.717, 1.165) is 14.2 Å². The summed E-state index contributed by atoms with van der Waals surface area (Å²) in [6.45, 7) is 3.30. The molecule has 0 bridgehead atoms. The van der Waals surface area contributed by atoms with Gasteiger partial charge in [-0.15, -0.1) is 0 Å². The average molecular weight is 330 g/mol. The van der Waals surface area contributed by atoms with Crippen molar-refractivity contribution in [1.82, 2.24) is 0 Å². The van der Waals surface area contributed by atoms with Gasteiger partial charge in [0.25, 0.3) is 0 Å². The number of carbonyl (C=O) groups is 2. The van der Waals surface area contributed by atoms with E-state index in [1.165, 1.54) is 0 Å². The van der Waals surface area contributed by atoms with E-state index < -0.39 is 39.3 Å². The summed E-state index contributed by atoms with van der Waals surface area (Å²) in [5.74, 6) is 0. The number of carbonyl (C=O) groups excluding carboxylic acids is 2. The van der Waals surface area contributed by atoms with Crippen LogP contribution in [-0.2, 0) is 37.1 Å². The summed E-state index contributed by atoms with van der Waals surface area (Å²) >= 11 is 0. The summed E-state index contributed by atoms with van der Waals surface area (Å²) < 4.78 is 44.0. The molecule has 0 N–H and O–H groups in total. The Bertz CT molecular complexity index is 362. The van der Waals surface area contributed by atoms with Crippen LogP contribution in [0, 0.1) is 0 Å². The molecule has 11 heteroatoms. The summed E-state index contributed by atoms with van der Waals surface area (Å²) in [5, 5.41) is 0. The number of phosphoric acid groups is 1. The van der Waals surface area contributed by atoms with Crippen molar-refractivity contribution in [3.8, 4) is 0 Å². The highest BCUT2D eigenvalue weighted by molar-refractivity contribution is 7.48. The molecular weight excluding hydrogens is 311 g/mol. The van der Waals surface area contributed by atoms with Crippen LogP contribution in [0.5, 0.6) is 0 Å². The van der Waals surface area contributed by atoms with E-state index in [1.807, 2.05) is 0 Å². The highest BCUT2D eigenvalue weighted by atomic mass is 31.2. The number of ether oxygens (including phenoxy) is 4. The Morgan fingerprint density at radius 3 is 1.57 bits per heavy atom. The third-order valence-corrected chi connectivity index (χ3v) is 3.11. The second kappa shape index (κ2) is 8.83. The monoisotopic (exact) mass is 330 g/mol. The molecular formula is C10H19O10P. The molecule has 0 aliphatic carbocycles. The van der Waals surface area contributed by atoms with Gasteiger partial charge in [0.2, 0.25) is 13.6 Å². The highest BCUT2D eigenvalue weighted by Gasteiger charge is 2.34. The summed E-state index contributed by atoms with van der Waals surface area (Å²) in [6, 6.07) is 0. The highest BCUT2D eigenvalue weighted by Crippen LogP contribution is 2.52. The first-order chi connectivity index (χ1) is 9.62. The molecule has 0 radical (unpaired) electrons. The van der Waals surface area contributed by atoms with Crippen LogP contribution in [0.3, 0.4) is 0 Å². The van der Waals surface area contributed by atoms with Crippen molar-refractivity contribution in [2.75, 3.05) is 27.8 Å². The molecule has 0 unspecified atom stereocenters. The fraction of sp³-hybridized carbons (Fsp3) is 0.800. The zero-order valence-electron chi connectivity index (χ0n) is 12.4. The number of hydrogen-bond acceptors (Lipinski definition) is 10. The lowest BCUT2D eigenvalue weighted by Gasteiger charge is -2.25. The van der Waals surface area contributed by atoms with Crippen molar-refractivity contribution in [3.05, 3.63) is 0 Å². The standard InChI is InChI=1S/C10H19O10P/c1-10(2,3)20-21(13,18-6-16-8(11)14-4)19-7-17-9(12)15-5/h6-7H2,1-5H3. The van der Waals surface area contributed by atoms with Gasteiger partial charge in [-0.3, -0.25) is 4.52 Å². The second-order valence-corrected chi connectivity index (χ2v) is 5.94. The lowest BCUT2D eigenvalue weighted by Crippen LogP contribution is -2.21. The van der Waals surface area contributed by atoms with Gasteiger partial charge in [0.15, 0.2) is 0 Å². The van der Waals surface area contributed by atoms with Crippen LogP contribution in [-0.4, -0.2) is 45.7 Å². The Balaban J connectivity index is 4.51. The van der Waals surface area contributed by atoms with Gasteiger partial charge in [0.1, 0.15) is 0 Å². The van der Waals surface area contributed by atoms with Crippen LogP contribution in [0.4, 0.5) is 9.59 Å². The van der Waals surface area contributed by atoms with E-state index in [9.17, 15) is 14.2 Å². The van der Waals surface area contributed by atoms with Crippen molar-refractivity contribution < 1.29 is 46.7 Å². The molecule has 0 spiro atoms. The SMILES string of the molecule is COC(=O)OCOP(=O)(OCOC(=O)OC)OC(C)(C)C. The van der Waals surface area contributed by atoms with Gasteiger partial charge in [0, 0.05) is 0 Å². The minimum Gasteiger partial charge on any atom is -0.438 e. The second-order valence-electron chi connectivity index (χ2n) is 4.34. The molecule has 0 saturated carbocycles. The Hall–Kier alpha value is -1.35. The average Bonchev–Trinajstić information content (AvgIpc) is 2.35. The van der Waals surface area contributed by atoms with Crippen LogP contribution < -0.4 is 0 Å². The first-order valence-electron chi connectivity index (χ1n) is 5.63. The molecule has 0 atom stereocenters. The van der Waals surface area contributed by atoms with E-state index in [4.69, 9.17) is 13.6 Å². The molecule has 0 heterocycles. The number of phosphoric ester groups is 1. The van der Waals surface area contributed by atoms with Crippen LogP contribution in [0.1, 0.15) is 20.8 Å². The number of hydrogen-bond donors (Lipinski definition) is 0. The van der Waals surface area contributed by atoms with E-state index in [1.54, 1.807) is 20.8 Å². The molecule has 0 saturated heterocycles. The van der Waals surface area contributed by atoms with Crippen molar-refractivity contribution in [2.45, 2.75) is 26.4 Å². The van der Waals surface area contributed by atoms with Gasteiger partial charge in [-0.1, -0.05) is 0 Å². The van der Waals surface area contributed by atoms with Gasteiger partial charge in [0.05, 0.1) is 19.8 Å². The van der Waals surface area contributed by atoms with Crippen molar-refractivity contribution >= 4 is 20.1 Å². The van der Waals surface area contributed by atoms with Crippen molar-refractivity contribution in [2.24, 2.45) is 0 Å². The van der Waals surface area contributed by atoms with E-state index in [0.29, 0.717) is 0 Å². The first-order valence-corrected chi connectivity index (χ1v) is 7.09. The zero-order chi connectivity index (χ0) is 16.5. The summed E-state index contributed by atoms with van der Waals surface area (Å²) in [6.07, 6.45) is -2.08. The molecule has 10 nitrogen and oxygen atoms in total. The summed E-state index contributed by atoms with van der Waals surface area (Å²) in [4.78, 5) is 21.5. The lowest BCUT2D eigenvalue weighted by molar-refractivity contribution is -0.0473. The smallest absolute Gasteiger partial charge is 0.438 e. The zero-order valence-corrected chi connectivity index (χ0v) is 13.3. The predicted octanol–water partition coefficient (Wildman–Crippen LogP) is 2.42. The van der Waals surface area contributed by atoms with Gasteiger partial charge >= 0.3 is 20.1 Å². The van der Waals surface area contributed by atoms with Crippen LogP contribution in [0.15, 0.2) is 0 Å². The number of methoxy groups -OCH3 is 2. The van der Waals surface area contributed by atoms with Gasteiger partial charge in [-0.25, -0.2) is 23.2 Å². The molecule has 0 aliphatic heterocycles. The molecule has 124 valence electrons. The normalized spacial score (nSPS) is 11.7. The van der Waals surface area contributed by atoms with E-state index in [-0.39, 0.29) is 0 Å². The maximum absolute atomic E-state index is 12.2. The minimum absolute atomic E-state index is 0.738. The fourth-order valence-electron chi connectivity index (χ4n) is 0.821. The van der Waals surface area contributed by atoms with Crippen LogP contribution in [0.25, 0.3) is 0 Å². The molecule has 0 rings (SSSR count). The molecule has 21 heavy (non-hydrogen) atoms. The van der Waals surface area contributed by atoms with Crippen molar-refractivity contribution in [1.29, 1.82) is 0 Å². The van der Waals surface area contributed by atoms with Gasteiger partial charge < -0.3 is 18.9 Å². The molecule has 0 amide bonds. The van der Waals surface area contributed by atoms with Gasteiger partial charge in [-0.05, 0) is 20.8 Å². The third-order valence-electron chi connectivity index (χ3n) is 1.49. The fourth-order valence-corrected chi connectivity index (χ4v) is 2.04. The lowest BCUT2D eigenvalue weighted by atomic mass is 10.2. The maximum Gasteiger partial charge on any atom is 0.510 e. The third kappa shape index (κ3) is 10.1. The van der Waals surface area contributed by atoms with E-state index >= 15 is 0 Å². The van der Waals surface area contributed by atoms with E-state index in [2.05, 4.69) is 18.9 Å². The number of rotatable bonds is 7. The van der Waals surface area contributed by atoms with Crippen LogP contribution >= 0.6 is 7.82 Å². The maximum atomic E-state index is 12.2. The molecule has 0 aromatic carbocycles. The Labute approximate surface area is 122 Å². The molecule has 0 aliphatic rings. The van der Waals surface area contributed by atoms with Crippen LogP contribution in [0.2, 0.25) is 0 Å². The molecule has 0 aromatic rings. The minimum atomic E-state index is -4.14. The molecule has 0 aromatic heterocycles. The molecule has 0 fully saturated rings. The summed E-state index contributed by atoms with van der Waals surface area (Å²) in [5.41, 5.74) is -0.897. The predicted molar refractivity (Wildman–Crippen MR) is 67.3 cm³/mol. The van der Waals surface area contributed by atoms with Gasteiger partial charge in [-0.2, -0.15) is 0 Å². The topological polar surface area (TPSA) is 116 Å². The quantitative estimate of drug-likeness (QED) is 0.391. The van der Waals surface area contributed by atoms with Crippen molar-refractivity contribution in [3.63, 3.8) is 0 Å².